The summed E-state index contributed by atoms with van der Waals surface area (Å²) in [6.45, 7) is 0.727. The minimum Gasteiger partial charge on any atom is -0.341 e. The summed E-state index contributed by atoms with van der Waals surface area (Å²) in [7, 11) is 1.88. The van der Waals surface area contributed by atoms with Crippen molar-refractivity contribution in [1.82, 2.24) is 15.3 Å². The van der Waals surface area contributed by atoms with Crippen LogP contribution in [0, 0.1) is 0 Å². The van der Waals surface area contributed by atoms with Gasteiger partial charge in [0.15, 0.2) is 0 Å². The highest BCUT2D eigenvalue weighted by Gasteiger charge is 2.03. The number of fused-ring (bicyclic) bond motifs is 1. The molecule has 0 fully saturated rings. The van der Waals surface area contributed by atoms with Crippen LogP contribution < -0.4 is 5.32 Å². The summed E-state index contributed by atoms with van der Waals surface area (Å²) in [5, 5.41) is 3.72. The molecule has 0 amide bonds. The summed E-state index contributed by atoms with van der Waals surface area (Å²) in [5.41, 5.74) is 1.83. The van der Waals surface area contributed by atoms with Gasteiger partial charge < -0.3 is 10.3 Å². The first-order chi connectivity index (χ1) is 6.31. The second-order valence-corrected chi connectivity index (χ2v) is 3.26. The zero-order valence-electron chi connectivity index (χ0n) is 7.26. The van der Waals surface area contributed by atoms with Crippen molar-refractivity contribution in [2.75, 3.05) is 7.05 Å². The highest BCUT2D eigenvalue weighted by atomic mass is 35.5. The number of hydrogen-bond acceptors (Lipinski definition) is 2. The van der Waals surface area contributed by atoms with Crippen molar-refractivity contribution in [3.8, 4) is 0 Å². The number of para-hydroxylation sites is 1. The van der Waals surface area contributed by atoms with Gasteiger partial charge in [0.2, 0.25) is 0 Å². The molecule has 0 atom stereocenters. The van der Waals surface area contributed by atoms with E-state index in [0.717, 1.165) is 23.4 Å². The summed E-state index contributed by atoms with van der Waals surface area (Å²) >= 11 is 5.97. The van der Waals surface area contributed by atoms with E-state index in [-0.39, 0.29) is 0 Å². The number of H-pyrrole nitrogens is 1. The van der Waals surface area contributed by atoms with E-state index < -0.39 is 0 Å². The number of nitrogens with one attached hydrogen (secondary N) is 2. The minimum absolute atomic E-state index is 0.691. The summed E-state index contributed by atoms with van der Waals surface area (Å²) in [6.07, 6.45) is 0. The van der Waals surface area contributed by atoms with Gasteiger partial charge in [-0.15, -0.1) is 0 Å². The molecule has 13 heavy (non-hydrogen) atoms. The molecule has 0 bridgehead atoms. The lowest BCUT2D eigenvalue weighted by Crippen LogP contribution is -2.06. The zero-order chi connectivity index (χ0) is 9.26. The van der Waals surface area contributed by atoms with Crippen LogP contribution in [-0.4, -0.2) is 17.0 Å². The predicted octanol–water partition coefficient (Wildman–Crippen LogP) is 1.94. The molecule has 0 radical (unpaired) electrons. The third-order valence-electron chi connectivity index (χ3n) is 1.86. The maximum atomic E-state index is 5.97. The molecule has 0 unspecified atom stereocenters. The van der Waals surface area contributed by atoms with Gasteiger partial charge in [-0.25, -0.2) is 4.98 Å². The fourth-order valence-corrected chi connectivity index (χ4v) is 1.52. The third kappa shape index (κ3) is 1.53. The topological polar surface area (TPSA) is 40.7 Å². The Bertz CT molecular complexity index is 422. The molecule has 0 spiro atoms. The third-order valence-corrected chi connectivity index (χ3v) is 2.16. The first-order valence-electron chi connectivity index (χ1n) is 4.09. The number of nitrogens with zero attached hydrogens (tertiary/aromatic N) is 1. The van der Waals surface area contributed by atoms with Crippen molar-refractivity contribution in [3.05, 3.63) is 29.0 Å². The van der Waals surface area contributed by atoms with Gasteiger partial charge in [-0.1, -0.05) is 17.7 Å². The number of hydrogen-bond donors (Lipinski definition) is 2. The number of aromatic nitrogens is 2. The van der Waals surface area contributed by atoms with Crippen LogP contribution in [0.25, 0.3) is 11.0 Å². The Kier molecular flexibility index (Phi) is 2.20. The second-order valence-electron chi connectivity index (χ2n) is 2.85. The number of aromatic amines is 1. The number of benzene rings is 1. The molecule has 3 nitrogen and oxygen atoms in total. The summed E-state index contributed by atoms with van der Waals surface area (Å²) in [4.78, 5) is 7.53. The Morgan fingerprint density at radius 3 is 3.08 bits per heavy atom. The van der Waals surface area contributed by atoms with Crippen molar-refractivity contribution in [3.63, 3.8) is 0 Å². The van der Waals surface area contributed by atoms with E-state index in [1.807, 2.05) is 25.2 Å². The van der Waals surface area contributed by atoms with Gasteiger partial charge in [-0.05, 0) is 19.2 Å². The van der Waals surface area contributed by atoms with Gasteiger partial charge in [0.05, 0.1) is 17.1 Å². The van der Waals surface area contributed by atoms with Crippen LogP contribution >= 0.6 is 11.6 Å². The Balaban J connectivity index is 2.55. The van der Waals surface area contributed by atoms with Crippen LogP contribution in [0.4, 0.5) is 0 Å². The molecule has 0 aliphatic rings. The lowest BCUT2D eigenvalue weighted by molar-refractivity contribution is 0.775. The van der Waals surface area contributed by atoms with Crippen LogP contribution in [0.3, 0.4) is 0 Å². The van der Waals surface area contributed by atoms with Crippen molar-refractivity contribution in [1.29, 1.82) is 0 Å². The fraction of sp³-hybridized carbons (Fsp3) is 0.222. The molecule has 1 aromatic carbocycles. The molecular formula is C9H10ClN3. The van der Waals surface area contributed by atoms with Crippen LogP contribution in [0.15, 0.2) is 18.2 Å². The lowest BCUT2D eigenvalue weighted by atomic mass is 10.3. The van der Waals surface area contributed by atoms with Crippen molar-refractivity contribution in [2.45, 2.75) is 6.54 Å². The van der Waals surface area contributed by atoms with Gasteiger partial charge in [0, 0.05) is 0 Å². The van der Waals surface area contributed by atoms with Crippen LogP contribution in [0.2, 0.25) is 5.02 Å². The van der Waals surface area contributed by atoms with E-state index in [9.17, 15) is 0 Å². The summed E-state index contributed by atoms with van der Waals surface area (Å²) in [5.74, 6) is 0.908. The van der Waals surface area contributed by atoms with Crippen LogP contribution in [0.5, 0.6) is 0 Å². The number of halogens is 1. The molecule has 1 aromatic heterocycles. The Morgan fingerprint density at radius 2 is 2.38 bits per heavy atom. The molecule has 4 heteroatoms. The standard InChI is InChI=1S/C9H10ClN3/c1-11-5-8-12-7-4-2-3-6(10)9(7)13-8/h2-4,11H,5H2,1H3,(H,12,13). The lowest BCUT2D eigenvalue weighted by Gasteiger charge is -1.89. The predicted molar refractivity (Wildman–Crippen MR) is 53.9 cm³/mol. The molecule has 0 saturated heterocycles. The number of imidazole rings is 1. The molecule has 2 N–H and O–H groups in total. The Hall–Kier alpha value is -1.06. The quantitative estimate of drug-likeness (QED) is 0.769. The van der Waals surface area contributed by atoms with E-state index in [1.165, 1.54) is 0 Å². The van der Waals surface area contributed by atoms with Gasteiger partial charge in [0.25, 0.3) is 0 Å². The van der Waals surface area contributed by atoms with E-state index in [4.69, 9.17) is 11.6 Å². The first-order valence-corrected chi connectivity index (χ1v) is 4.47. The fourth-order valence-electron chi connectivity index (χ4n) is 1.30. The van der Waals surface area contributed by atoms with Crippen LogP contribution in [-0.2, 0) is 6.54 Å². The number of rotatable bonds is 2. The maximum absolute atomic E-state index is 5.97. The van der Waals surface area contributed by atoms with Crippen molar-refractivity contribution in [2.24, 2.45) is 0 Å². The average Bonchev–Trinajstić information content (AvgIpc) is 2.49. The van der Waals surface area contributed by atoms with E-state index >= 15 is 0 Å². The molecule has 2 rings (SSSR count). The summed E-state index contributed by atoms with van der Waals surface area (Å²) < 4.78 is 0. The molecule has 0 saturated carbocycles. The van der Waals surface area contributed by atoms with E-state index in [1.54, 1.807) is 0 Å². The SMILES string of the molecule is CNCc1nc2c(Cl)cccc2[nH]1. The highest BCUT2D eigenvalue weighted by Crippen LogP contribution is 2.20. The average molecular weight is 196 g/mol. The van der Waals surface area contributed by atoms with Gasteiger partial charge >= 0.3 is 0 Å². The van der Waals surface area contributed by atoms with Gasteiger partial charge in [-0.2, -0.15) is 0 Å². The smallest absolute Gasteiger partial charge is 0.121 e. The normalized spacial score (nSPS) is 10.9. The highest BCUT2D eigenvalue weighted by molar-refractivity contribution is 6.34. The van der Waals surface area contributed by atoms with E-state index in [0.29, 0.717) is 5.02 Å². The monoisotopic (exact) mass is 195 g/mol. The summed E-state index contributed by atoms with van der Waals surface area (Å²) in [6, 6.07) is 5.72. The molecule has 0 aliphatic carbocycles. The Labute approximate surface area is 81.1 Å². The second kappa shape index (κ2) is 3.36. The zero-order valence-corrected chi connectivity index (χ0v) is 8.02. The molecular weight excluding hydrogens is 186 g/mol. The van der Waals surface area contributed by atoms with E-state index in [2.05, 4.69) is 15.3 Å². The minimum atomic E-state index is 0.691. The van der Waals surface area contributed by atoms with Crippen molar-refractivity contribution < 1.29 is 0 Å². The largest absolute Gasteiger partial charge is 0.341 e. The molecule has 68 valence electrons. The first kappa shape index (κ1) is 8.53. The van der Waals surface area contributed by atoms with Gasteiger partial charge in [0.1, 0.15) is 11.3 Å². The Morgan fingerprint density at radius 1 is 1.54 bits per heavy atom. The molecule has 2 aromatic rings. The van der Waals surface area contributed by atoms with Gasteiger partial charge in [-0.3, -0.25) is 0 Å². The maximum Gasteiger partial charge on any atom is 0.121 e. The van der Waals surface area contributed by atoms with Crippen molar-refractivity contribution >= 4 is 22.6 Å². The molecule has 0 aliphatic heterocycles. The molecule has 1 heterocycles. The van der Waals surface area contributed by atoms with Crippen LogP contribution in [0.1, 0.15) is 5.82 Å².